The van der Waals surface area contributed by atoms with Crippen LogP contribution in [0.3, 0.4) is 0 Å². The van der Waals surface area contributed by atoms with Crippen LogP contribution in [0.2, 0.25) is 0 Å². The molecule has 0 unspecified atom stereocenters. The van der Waals surface area contributed by atoms with Crippen LogP contribution < -0.4 is 14.2 Å². The molecule has 0 bridgehead atoms. The number of ether oxygens (including phenoxy) is 12. The summed E-state index contributed by atoms with van der Waals surface area (Å²) in [5, 5.41) is 48.7. The van der Waals surface area contributed by atoms with E-state index in [4.69, 9.17) is 82.4 Å². The molecule has 0 aliphatic carbocycles. The van der Waals surface area contributed by atoms with Crippen LogP contribution in [-0.4, -0.2) is 237 Å². The first-order valence-electron chi connectivity index (χ1n) is 36.5. The second-order valence-electron chi connectivity index (χ2n) is 23.4. The van der Waals surface area contributed by atoms with Gasteiger partial charge in [-0.15, -0.1) is 12.4 Å². The van der Waals surface area contributed by atoms with Crippen LogP contribution in [-0.2, 0) is 49.2 Å². The van der Waals surface area contributed by atoms with Gasteiger partial charge in [0.2, 0.25) is 46.3 Å². The summed E-state index contributed by atoms with van der Waals surface area (Å²) in [5.74, 6) is -3.02. The Bertz CT molecular complexity index is 3860. The predicted octanol–water partition coefficient (Wildman–Crippen LogP) is 14.3. The summed E-state index contributed by atoms with van der Waals surface area (Å²) in [6.07, 6.45) is 3.50. The smallest absolute Gasteiger partial charge is 0.233 e. The molecule has 8 aromatic carbocycles. The zero-order valence-corrected chi connectivity index (χ0v) is 72.0. The summed E-state index contributed by atoms with van der Waals surface area (Å²) >= 11 is 13.1. The molecule has 9 rings (SSSR count). The van der Waals surface area contributed by atoms with Crippen molar-refractivity contribution in [2.24, 2.45) is 0 Å². The average molecular weight is 1910 g/mol. The number of nitrogens with zero attached hydrogens (tertiary/aromatic N) is 1. The number of hydrogen-bond donors (Lipinski definition) is 5. The number of phenolic OH excluding ortho intramolecular Hbond substituents is 4. The van der Waals surface area contributed by atoms with Crippen LogP contribution in [0.4, 0.5) is 0 Å². The van der Waals surface area contributed by atoms with E-state index in [1.54, 1.807) is 97.3 Å². The lowest BCUT2D eigenvalue weighted by atomic mass is 10.0. The number of aromatic hydroxyl groups is 4. The Hall–Kier alpha value is -9.32. The molecule has 5 N–H and O–H groups in total. The number of ketones is 8. The van der Waals surface area contributed by atoms with Gasteiger partial charge < -0.3 is 82.4 Å². The molecule has 0 fully saturated rings. The number of Topliss-reactive ketones (excluding diaryl/α,β-unsaturated/α-hetero) is 8. The third kappa shape index (κ3) is 43.9. The summed E-state index contributed by atoms with van der Waals surface area (Å²) in [5.41, 5.74) is 2.75. The molecule has 634 valence electrons. The van der Waals surface area contributed by atoms with Crippen molar-refractivity contribution in [3.8, 4) is 40.2 Å². The van der Waals surface area contributed by atoms with Crippen LogP contribution >= 0.6 is 76.1 Å². The first-order chi connectivity index (χ1) is 56.9. The molecule has 9 aromatic rings. The summed E-state index contributed by atoms with van der Waals surface area (Å²) in [4.78, 5) is 101. The third-order valence-electron chi connectivity index (χ3n) is 15.0. The normalized spacial score (nSPS) is 10.3. The van der Waals surface area contributed by atoms with Crippen molar-refractivity contribution < 1.29 is 121 Å². The highest BCUT2D eigenvalue weighted by Gasteiger charge is 2.22. The molecule has 1 aromatic heterocycles. The molecule has 0 saturated heterocycles. The summed E-state index contributed by atoms with van der Waals surface area (Å²) in [6.45, 7) is 10.9. The van der Waals surface area contributed by atoms with Gasteiger partial charge in [-0.25, -0.2) is 0 Å². The minimum Gasteiger partial charge on any atom is -0.508 e. The second-order valence-corrected chi connectivity index (χ2v) is 26.6. The van der Waals surface area contributed by atoms with Crippen LogP contribution in [0.1, 0.15) is 88.4 Å². The number of halogens is 5. The van der Waals surface area contributed by atoms with Gasteiger partial charge in [0.25, 0.3) is 0 Å². The lowest BCUT2D eigenvalue weighted by molar-refractivity contribution is 0.0118. The van der Waals surface area contributed by atoms with Gasteiger partial charge in [0.05, 0.1) is 133 Å². The van der Waals surface area contributed by atoms with E-state index in [9.17, 15) is 38.4 Å². The number of alkyl halides is 4. The number of aromatic nitrogens is 1. The molecule has 1 heterocycles. The van der Waals surface area contributed by atoms with E-state index in [0.29, 0.717) is 153 Å². The van der Waals surface area contributed by atoms with E-state index in [0.717, 1.165) is 34.5 Å². The lowest BCUT2D eigenvalue weighted by Gasteiger charge is -2.09. The number of benzene rings is 8. The van der Waals surface area contributed by atoms with Crippen molar-refractivity contribution in [2.75, 3.05) is 161 Å². The van der Waals surface area contributed by atoms with E-state index < -0.39 is 46.3 Å². The molecule has 26 nitrogen and oxygen atoms in total. The molecule has 0 aliphatic heterocycles. The topological polar surface area (TPSA) is 361 Å². The van der Waals surface area contributed by atoms with Crippen molar-refractivity contribution in [2.45, 2.75) is 6.61 Å². The van der Waals surface area contributed by atoms with Crippen molar-refractivity contribution in [1.82, 2.24) is 4.98 Å². The largest absolute Gasteiger partial charge is 0.508 e. The zero-order chi connectivity index (χ0) is 84.9. The molecule has 0 atom stereocenters. The number of carbonyl (C=O) groups excluding carboxylic acids is 8. The second kappa shape index (κ2) is 64.6. The molecule has 31 heteroatoms. The number of hydrogen-bond acceptors (Lipinski definition) is 26. The maximum atomic E-state index is 12.7. The molecular weight excluding hydrogens is 1810 g/mol. The van der Waals surface area contributed by atoms with E-state index in [1.807, 2.05) is 18.2 Å². The van der Waals surface area contributed by atoms with Crippen molar-refractivity contribution >= 4 is 122 Å². The molecule has 0 aliphatic rings. The molecule has 0 saturated carbocycles. The third-order valence-corrected chi connectivity index (χ3v) is 16.3. The van der Waals surface area contributed by atoms with Gasteiger partial charge in [-0.3, -0.25) is 43.3 Å². The van der Waals surface area contributed by atoms with Crippen LogP contribution in [0.25, 0.3) is 0 Å². The number of pyridine rings is 1. The zero-order valence-electron chi connectivity index (χ0n) is 64.8. The van der Waals surface area contributed by atoms with Gasteiger partial charge in [0.1, 0.15) is 53.5 Å². The summed E-state index contributed by atoms with van der Waals surface area (Å²) in [6, 6.07) is 53.2. The van der Waals surface area contributed by atoms with Gasteiger partial charge in [-0.2, -0.15) is 0 Å². The van der Waals surface area contributed by atoms with Gasteiger partial charge in [-0.05, 0) is 188 Å². The number of carbonyl (C=O) groups is 8. The van der Waals surface area contributed by atoms with Crippen LogP contribution in [0.5, 0.6) is 40.2 Å². The monoisotopic (exact) mass is 1910 g/mol. The van der Waals surface area contributed by atoms with Gasteiger partial charge in [-0.1, -0.05) is 94.1 Å². The first-order valence-corrected chi connectivity index (χ1v) is 41.0. The Kier molecular flexibility index (Phi) is 56.4. The molecule has 0 spiro atoms. The summed E-state index contributed by atoms with van der Waals surface area (Å²) < 4.78 is 64.2. The Morgan fingerprint density at radius 2 is 0.449 bits per heavy atom. The Morgan fingerprint density at radius 3 is 0.627 bits per heavy atom. The molecule has 118 heavy (non-hydrogen) atoms. The minimum absolute atomic E-state index is 0. The minimum atomic E-state index is -0.652. The fourth-order valence-electron chi connectivity index (χ4n) is 9.00. The van der Waals surface area contributed by atoms with Crippen LogP contribution in [0.15, 0.2) is 225 Å². The van der Waals surface area contributed by atoms with Gasteiger partial charge in [0.15, 0.2) is 0 Å². The number of aliphatic hydroxyl groups is 1. The van der Waals surface area contributed by atoms with E-state index in [2.05, 4.69) is 68.7 Å². The maximum Gasteiger partial charge on any atom is 0.233 e. The molecule has 0 amide bonds. The predicted molar refractivity (Wildman–Crippen MR) is 460 cm³/mol. The van der Waals surface area contributed by atoms with E-state index in [-0.39, 0.29) is 75.4 Å². The summed E-state index contributed by atoms with van der Waals surface area (Å²) in [7, 11) is 1.53. The van der Waals surface area contributed by atoms with Crippen molar-refractivity contribution in [3.05, 3.63) is 275 Å². The average Bonchev–Trinajstić information content (AvgIpc) is 0.852. The number of rotatable bonds is 48. The highest BCUT2D eigenvalue weighted by Crippen LogP contribution is 2.21. The molecular formula is C87H96Br4ClNO25. The number of aliphatic hydroxyl groups excluding tert-OH is 1. The highest BCUT2D eigenvalue weighted by atomic mass is 79.9. The first kappa shape index (κ1) is 103. The standard InChI is InChI=1S/C30H40Br2O10.C16H14O4.2C14H10O4.C8H16Br2O3.C5H5N.ClH/c31-9-11-35-13-15-37-17-19-39-21-23-41-27-5-1-25(2-6-27)29(33)30(34)26-3-7-28(8-4-26)42-24-22-40-20-18-38-16-14-36-12-10-32;1-20-14-8-6-13(7-9-14)16(19)15(18)12-4-2-11(10-17)3-5-12;2*15-11-5-1-9(2-6-11)13(17)14(18)10-3-7-12(16)8-4-10;9-1-3-11-5-7-13-8-6-12-4-2-10;1-2-4-6-5-3-1;/h1-8H,9-24H2;2-9,17H,10H2,1H3;2*1-8,15-16H;1-8H2;1-5H;1H. The lowest BCUT2D eigenvalue weighted by Crippen LogP contribution is -2.15. The van der Waals surface area contributed by atoms with Gasteiger partial charge >= 0.3 is 0 Å². The number of methoxy groups -OCH3 is 1. The fraction of sp³-hybridized carbons (Fsp3) is 0.299. The van der Waals surface area contributed by atoms with E-state index in [1.165, 1.54) is 116 Å². The van der Waals surface area contributed by atoms with Gasteiger partial charge in [0, 0.05) is 78.2 Å². The Balaban J connectivity index is 0.000000398. The van der Waals surface area contributed by atoms with Crippen molar-refractivity contribution in [3.63, 3.8) is 0 Å². The number of phenols is 4. The fourth-order valence-corrected chi connectivity index (χ4v) is 9.92. The van der Waals surface area contributed by atoms with Crippen molar-refractivity contribution in [1.29, 1.82) is 0 Å². The van der Waals surface area contributed by atoms with Crippen LogP contribution in [0, 0.1) is 0 Å². The van der Waals surface area contributed by atoms with E-state index >= 15 is 0 Å². The SMILES string of the molecule is BrCCOCCOCCOCCBr.COc1ccc(C(=O)C(=O)c2ccc(CO)cc2)cc1.Cl.O=C(C(=O)c1ccc(O)cc1)c1ccc(O)cc1.O=C(C(=O)c1ccc(O)cc1)c1ccc(O)cc1.O=C(C(=O)c1ccc(OCCOCCOCCOCCBr)cc1)c1ccc(OCCOCCOCCOCCBr)cc1.c1ccncc1. The highest BCUT2D eigenvalue weighted by molar-refractivity contribution is 9.09. The Morgan fingerprint density at radius 1 is 0.263 bits per heavy atom. The quantitative estimate of drug-likeness (QED) is 0.0102. The Labute approximate surface area is 725 Å². The maximum absolute atomic E-state index is 12.7. The molecule has 0 radical (unpaired) electrons.